The summed E-state index contributed by atoms with van der Waals surface area (Å²) in [6.45, 7) is 6.09. The third-order valence-corrected chi connectivity index (χ3v) is 4.01. The number of hydrogen-bond donors (Lipinski definition) is 1. The second kappa shape index (κ2) is 7.02. The number of rotatable bonds is 4. The first-order chi connectivity index (χ1) is 11.1. The maximum absolute atomic E-state index is 13.0. The molecular weight excluding hydrogens is 295 g/mol. The molecule has 1 aliphatic heterocycles. The molecule has 1 fully saturated rings. The molecule has 3 rings (SSSR count). The third-order valence-electron chi connectivity index (χ3n) is 4.01. The first-order valence-corrected chi connectivity index (χ1v) is 7.87. The minimum absolute atomic E-state index is 0.256. The molecule has 1 saturated heterocycles. The summed E-state index contributed by atoms with van der Waals surface area (Å²) >= 11 is 0. The normalized spacial score (nSPS) is 17.3. The van der Waals surface area contributed by atoms with Crippen LogP contribution in [0.3, 0.4) is 0 Å². The van der Waals surface area contributed by atoms with Crippen LogP contribution in [0.2, 0.25) is 0 Å². The highest BCUT2D eigenvalue weighted by molar-refractivity contribution is 5.59. The fraction of sp³-hybridized carbons (Fsp3) is 0.412. The summed E-state index contributed by atoms with van der Waals surface area (Å²) < 4.78 is 13.0. The van der Waals surface area contributed by atoms with E-state index in [1.807, 2.05) is 19.1 Å². The van der Waals surface area contributed by atoms with Crippen molar-refractivity contribution in [2.45, 2.75) is 13.0 Å². The fourth-order valence-electron chi connectivity index (χ4n) is 2.80. The number of nitrogens with zero attached hydrogens (tertiary/aromatic N) is 4. The highest BCUT2D eigenvalue weighted by Crippen LogP contribution is 2.19. The summed E-state index contributed by atoms with van der Waals surface area (Å²) in [6, 6.07) is 10.1. The Hall–Kier alpha value is -2.05. The van der Waals surface area contributed by atoms with Crippen molar-refractivity contribution in [1.29, 1.82) is 0 Å². The summed E-state index contributed by atoms with van der Waals surface area (Å²) in [6.07, 6.45) is -0.295. The smallest absolute Gasteiger partial charge is 0.151 e. The average molecular weight is 316 g/mol. The lowest BCUT2D eigenvalue weighted by Gasteiger charge is -2.35. The van der Waals surface area contributed by atoms with Gasteiger partial charge in [0.25, 0.3) is 0 Å². The molecule has 0 amide bonds. The minimum Gasteiger partial charge on any atom is -0.392 e. The quantitative estimate of drug-likeness (QED) is 0.932. The van der Waals surface area contributed by atoms with Crippen LogP contribution in [-0.2, 0) is 0 Å². The number of aromatic nitrogens is 2. The van der Waals surface area contributed by atoms with Crippen molar-refractivity contribution in [3.8, 4) is 11.3 Å². The molecule has 122 valence electrons. The second-order valence-electron chi connectivity index (χ2n) is 5.92. The predicted molar refractivity (Wildman–Crippen MR) is 87.8 cm³/mol. The summed E-state index contributed by atoms with van der Waals surface area (Å²) in [4.78, 5) is 4.45. The zero-order valence-electron chi connectivity index (χ0n) is 13.2. The summed E-state index contributed by atoms with van der Waals surface area (Å²) in [5.41, 5.74) is 1.59. The Kier molecular flexibility index (Phi) is 4.83. The molecule has 0 unspecified atom stereocenters. The zero-order chi connectivity index (χ0) is 16.2. The number of benzene rings is 1. The molecule has 2 heterocycles. The number of aliphatic hydroxyl groups is 1. The molecule has 0 aliphatic carbocycles. The molecule has 1 aromatic heterocycles. The van der Waals surface area contributed by atoms with Crippen molar-refractivity contribution in [3.05, 3.63) is 42.2 Å². The van der Waals surface area contributed by atoms with E-state index in [0.29, 0.717) is 6.54 Å². The second-order valence-corrected chi connectivity index (χ2v) is 5.92. The molecule has 0 saturated carbocycles. The average Bonchev–Trinajstić information content (AvgIpc) is 2.56. The van der Waals surface area contributed by atoms with Gasteiger partial charge in [0.1, 0.15) is 5.82 Å². The maximum atomic E-state index is 13.0. The zero-order valence-corrected chi connectivity index (χ0v) is 13.2. The van der Waals surface area contributed by atoms with E-state index in [1.54, 1.807) is 12.1 Å². The van der Waals surface area contributed by atoms with Gasteiger partial charge in [-0.2, -0.15) is 0 Å². The SMILES string of the molecule is C[C@@H](O)CN1CCN(c2ccc(-c3ccc(F)cc3)nn2)CC1. The lowest BCUT2D eigenvalue weighted by atomic mass is 10.1. The van der Waals surface area contributed by atoms with Crippen molar-refractivity contribution < 1.29 is 9.50 Å². The Labute approximate surface area is 135 Å². The largest absolute Gasteiger partial charge is 0.392 e. The van der Waals surface area contributed by atoms with Crippen molar-refractivity contribution in [1.82, 2.24) is 15.1 Å². The molecule has 23 heavy (non-hydrogen) atoms. The Morgan fingerprint density at radius 3 is 2.30 bits per heavy atom. The molecule has 1 aromatic carbocycles. The number of anilines is 1. The Morgan fingerprint density at radius 2 is 1.74 bits per heavy atom. The first-order valence-electron chi connectivity index (χ1n) is 7.87. The van der Waals surface area contributed by atoms with Gasteiger partial charge in [0.05, 0.1) is 11.8 Å². The van der Waals surface area contributed by atoms with E-state index in [1.165, 1.54) is 12.1 Å². The standard InChI is InChI=1S/C17H21FN4O/c1-13(23)12-21-8-10-22(11-9-21)17-7-6-16(19-20-17)14-2-4-15(18)5-3-14/h2-7,13,23H,8-12H2,1H3/t13-/m1/s1. The molecule has 2 aromatic rings. The van der Waals surface area contributed by atoms with E-state index in [9.17, 15) is 9.50 Å². The maximum Gasteiger partial charge on any atom is 0.151 e. The number of halogens is 1. The van der Waals surface area contributed by atoms with Gasteiger partial charge in [-0.15, -0.1) is 10.2 Å². The Bertz CT molecular complexity index is 622. The van der Waals surface area contributed by atoms with Crippen molar-refractivity contribution in [3.63, 3.8) is 0 Å². The number of aliphatic hydroxyl groups excluding tert-OH is 1. The van der Waals surface area contributed by atoms with Crippen molar-refractivity contribution in [2.24, 2.45) is 0 Å². The third kappa shape index (κ3) is 4.03. The summed E-state index contributed by atoms with van der Waals surface area (Å²) in [7, 11) is 0. The lowest BCUT2D eigenvalue weighted by molar-refractivity contribution is 0.122. The molecule has 0 bridgehead atoms. The molecule has 1 atom stereocenters. The summed E-state index contributed by atoms with van der Waals surface area (Å²) in [5.74, 6) is 0.598. The van der Waals surface area contributed by atoms with Gasteiger partial charge in [-0.25, -0.2) is 4.39 Å². The number of β-amino-alcohol motifs (C(OH)–C–C–N with tert-alkyl or cyclic N) is 1. The van der Waals surface area contributed by atoms with Gasteiger partial charge in [-0.3, -0.25) is 4.90 Å². The monoisotopic (exact) mass is 316 g/mol. The highest BCUT2D eigenvalue weighted by Gasteiger charge is 2.19. The van der Waals surface area contributed by atoms with Crippen LogP contribution >= 0.6 is 0 Å². The Balaban J connectivity index is 1.63. The van der Waals surface area contributed by atoms with E-state index in [2.05, 4.69) is 20.0 Å². The van der Waals surface area contributed by atoms with Crippen LogP contribution in [0.25, 0.3) is 11.3 Å². The van der Waals surface area contributed by atoms with E-state index in [0.717, 1.165) is 43.3 Å². The van der Waals surface area contributed by atoms with Crippen LogP contribution in [0.4, 0.5) is 10.2 Å². The van der Waals surface area contributed by atoms with Crippen LogP contribution < -0.4 is 4.90 Å². The molecule has 1 aliphatic rings. The van der Waals surface area contributed by atoms with Gasteiger partial charge >= 0.3 is 0 Å². The lowest BCUT2D eigenvalue weighted by Crippen LogP contribution is -2.48. The van der Waals surface area contributed by atoms with E-state index in [4.69, 9.17) is 0 Å². The predicted octanol–water partition coefficient (Wildman–Crippen LogP) is 1.79. The molecular formula is C17H21FN4O. The molecule has 0 radical (unpaired) electrons. The number of hydrogen-bond acceptors (Lipinski definition) is 5. The van der Waals surface area contributed by atoms with Crippen LogP contribution in [0.1, 0.15) is 6.92 Å². The molecule has 0 spiro atoms. The van der Waals surface area contributed by atoms with Gasteiger partial charge < -0.3 is 10.0 Å². The van der Waals surface area contributed by atoms with Gasteiger partial charge in [-0.1, -0.05) is 0 Å². The molecule has 6 heteroatoms. The van der Waals surface area contributed by atoms with Gasteiger partial charge in [0.2, 0.25) is 0 Å². The van der Waals surface area contributed by atoms with E-state index < -0.39 is 0 Å². The number of piperazine rings is 1. The molecule has 1 N–H and O–H groups in total. The van der Waals surface area contributed by atoms with Crippen molar-refractivity contribution in [2.75, 3.05) is 37.6 Å². The Morgan fingerprint density at radius 1 is 1.04 bits per heavy atom. The van der Waals surface area contributed by atoms with E-state index in [-0.39, 0.29) is 11.9 Å². The van der Waals surface area contributed by atoms with Gasteiger partial charge in [-0.05, 0) is 43.3 Å². The van der Waals surface area contributed by atoms with E-state index >= 15 is 0 Å². The van der Waals surface area contributed by atoms with Crippen LogP contribution in [0, 0.1) is 5.82 Å². The van der Waals surface area contributed by atoms with Crippen molar-refractivity contribution >= 4 is 5.82 Å². The molecule has 5 nitrogen and oxygen atoms in total. The van der Waals surface area contributed by atoms with Gasteiger partial charge in [0, 0.05) is 38.3 Å². The minimum atomic E-state index is -0.295. The first kappa shape index (κ1) is 15.8. The van der Waals surface area contributed by atoms with Crippen LogP contribution in [-0.4, -0.2) is 59.0 Å². The highest BCUT2D eigenvalue weighted by atomic mass is 19.1. The summed E-state index contributed by atoms with van der Waals surface area (Å²) in [5, 5.41) is 18.0. The van der Waals surface area contributed by atoms with Gasteiger partial charge in [0.15, 0.2) is 5.82 Å². The topological polar surface area (TPSA) is 52.5 Å². The fourth-order valence-corrected chi connectivity index (χ4v) is 2.80. The van der Waals surface area contributed by atoms with Crippen LogP contribution in [0.15, 0.2) is 36.4 Å². The van der Waals surface area contributed by atoms with Crippen LogP contribution in [0.5, 0.6) is 0 Å².